The predicted octanol–water partition coefficient (Wildman–Crippen LogP) is 5.98. The van der Waals surface area contributed by atoms with Gasteiger partial charge in [-0.25, -0.2) is 9.78 Å². The van der Waals surface area contributed by atoms with Crippen LogP contribution in [0.2, 0.25) is 0 Å². The van der Waals surface area contributed by atoms with Gasteiger partial charge < -0.3 is 14.2 Å². The highest BCUT2D eigenvalue weighted by atomic mass is 32.1. The first-order chi connectivity index (χ1) is 17.7. The van der Waals surface area contributed by atoms with Crippen molar-refractivity contribution in [3.8, 4) is 11.5 Å². The van der Waals surface area contributed by atoms with Crippen LogP contribution in [0.4, 0.5) is 0 Å². The first kappa shape index (κ1) is 22.5. The number of pyridine rings is 1. The molecule has 0 radical (unpaired) electrons. The number of fused-ring (bicyclic) bond motifs is 3. The van der Waals surface area contributed by atoms with Crippen LogP contribution >= 0.6 is 11.3 Å². The van der Waals surface area contributed by atoms with Crippen LogP contribution < -0.4 is 9.47 Å². The molecule has 3 heterocycles. The van der Waals surface area contributed by atoms with Crippen molar-refractivity contribution in [2.24, 2.45) is 0 Å². The van der Waals surface area contributed by atoms with Gasteiger partial charge in [0, 0.05) is 15.8 Å². The average Bonchev–Trinajstić information content (AvgIpc) is 3.43. The number of hydrogen-bond donors (Lipinski definition) is 0. The van der Waals surface area contributed by atoms with Crippen molar-refractivity contribution in [2.75, 3.05) is 19.8 Å². The van der Waals surface area contributed by atoms with Gasteiger partial charge in [-0.3, -0.25) is 4.79 Å². The van der Waals surface area contributed by atoms with Crippen molar-refractivity contribution in [1.29, 1.82) is 0 Å². The minimum atomic E-state index is -0.506. The third kappa shape index (κ3) is 4.27. The molecular formula is C29H23NO5S. The number of benzene rings is 2. The molecule has 0 amide bonds. The van der Waals surface area contributed by atoms with Crippen LogP contribution in [0.25, 0.3) is 22.6 Å². The number of carbonyl (C=O) groups excluding carboxylic acids is 2. The largest absolute Gasteiger partial charge is 0.486 e. The highest BCUT2D eigenvalue weighted by Gasteiger charge is 2.27. The molecule has 1 aliphatic carbocycles. The third-order valence-corrected chi connectivity index (χ3v) is 7.25. The van der Waals surface area contributed by atoms with Crippen LogP contribution in [0.1, 0.15) is 49.7 Å². The topological polar surface area (TPSA) is 74.7 Å². The van der Waals surface area contributed by atoms with Crippen LogP contribution in [0, 0.1) is 0 Å². The molecule has 0 fully saturated rings. The van der Waals surface area contributed by atoms with E-state index in [4.69, 9.17) is 19.2 Å². The molecule has 0 N–H and O–H groups in total. The molecule has 6 rings (SSSR count). The minimum absolute atomic E-state index is 0.300. The monoisotopic (exact) mass is 497 g/mol. The fraction of sp³-hybridized carbons (Fsp3) is 0.207. The number of esters is 1. The molecule has 6 nitrogen and oxygen atoms in total. The normalized spacial score (nSPS) is 15.5. The first-order valence-corrected chi connectivity index (χ1v) is 12.8. The number of carbonyl (C=O) groups is 2. The Kier molecular flexibility index (Phi) is 5.99. The minimum Gasteiger partial charge on any atom is -0.486 e. The molecule has 7 heteroatoms. The molecule has 0 unspecified atom stereocenters. The summed E-state index contributed by atoms with van der Waals surface area (Å²) in [6, 6.07) is 16.7. The number of aromatic nitrogens is 1. The Morgan fingerprint density at radius 1 is 1.00 bits per heavy atom. The molecule has 36 heavy (non-hydrogen) atoms. The van der Waals surface area contributed by atoms with Crippen molar-refractivity contribution >= 4 is 45.6 Å². The maximum atomic E-state index is 13.5. The number of para-hydroxylation sites is 1. The van der Waals surface area contributed by atoms with Crippen molar-refractivity contribution in [3.63, 3.8) is 0 Å². The van der Waals surface area contributed by atoms with Crippen LogP contribution in [0.5, 0.6) is 11.5 Å². The van der Waals surface area contributed by atoms with E-state index >= 15 is 0 Å². The summed E-state index contributed by atoms with van der Waals surface area (Å²) in [4.78, 5) is 32.4. The number of hydrogen-bond acceptors (Lipinski definition) is 7. The maximum absolute atomic E-state index is 13.5. The Bertz CT molecular complexity index is 1510. The maximum Gasteiger partial charge on any atom is 0.339 e. The van der Waals surface area contributed by atoms with Crippen molar-refractivity contribution in [1.82, 2.24) is 4.98 Å². The van der Waals surface area contributed by atoms with Gasteiger partial charge in [-0.1, -0.05) is 24.3 Å². The lowest BCUT2D eigenvalue weighted by atomic mass is 9.86. The van der Waals surface area contributed by atoms with Crippen LogP contribution in [-0.4, -0.2) is 36.6 Å². The summed E-state index contributed by atoms with van der Waals surface area (Å²) in [6.45, 7) is 0.552. The molecule has 180 valence electrons. The van der Waals surface area contributed by atoms with E-state index in [1.807, 2.05) is 35.7 Å². The summed E-state index contributed by atoms with van der Waals surface area (Å²) < 4.78 is 16.7. The zero-order valence-corrected chi connectivity index (χ0v) is 20.3. The lowest BCUT2D eigenvalue weighted by molar-refractivity contribution is 0.0475. The quantitative estimate of drug-likeness (QED) is 0.249. The second kappa shape index (κ2) is 9.59. The molecule has 0 saturated heterocycles. The van der Waals surface area contributed by atoms with Crippen molar-refractivity contribution in [2.45, 2.75) is 19.3 Å². The average molecular weight is 498 g/mol. The van der Waals surface area contributed by atoms with E-state index < -0.39 is 5.97 Å². The molecule has 4 aromatic rings. The number of ether oxygens (including phenoxy) is 3. The predicted molar refractivity (Wildman–Crippen MR) is 139 cm³/mol. The molecule has 1 aliphatic heterocycles. The fourth-order valence-corrected chi connectivity index (χ4v) is 5.44. The molecular weight excluding hydrogens is 474 g/mol. The summed E-state index contributed by atoms with van der Waals surface area (Å²) in [7, 11) is 0. The summed E-state index contributed by atoms with van der Waals surface area (Å²) >= 11 is 1.67. The summed E-state index contributed by atoms with van der Waals surface area (Å²) in [6.07, 6.45) is 4.70. The van der Waals surface area contributed by atoms with Gasteiger partial charge in [0.1, 0.15) is 13.2 Å². The summed E-state index contributed by atoms with van der Waals surface area (Å²) in [5, 5.41) is 2.79. The lowest BCUT2D eigenvalue weighted by Gasteiger charge is -2.22. The van der Waals surface area contributed by atoms with Crippen LogP contribution in [-0.2, 0) is 11.2 Å². The van der Waals surface area contributed by atoms with Gasteiger partial charge in [0.25, 0.3) is 0 Å². The molecule has 0 spiro atoms. The first-order valence-electron chi connectivity index (χ1n) is 11.9. The Morgan fingerprint density at radius 3 is 2.72 bits per heavy atom. The van der Waals surface area contributed by atoms with E-state index in [1.54, 1.807) is 29.5 Å². The molecule has 0 saturated carbocycles. The Labute approximate surface area is 212 Å². The van der Waals surface area contributed by atoms with Gasteiger partial charge in [-0.2, -0.15) is 0 Å². The van der Waals surface area contributed by atoms with E-state index in [2.05, 4.69) is 12.1 Å². The smallest absolute Gasteiger partial charge is 0.339 e. The molecule has 2 aromatic heterocycles. The van der Waals surface area contributed by atoms with E-state index in [9.17, 15) is 9.59 Å². The highest BCUT2D eigenvalue weighted by Crippen LogP contribution is 2.37. The van der Waals surface area contributed by atoms with Gasteiger partial charge >= 0.3 is 5.97 Å². The van der Waals surface area contributed by atoms with Crippen molar-refractivity contribution in [3.05, 3.63) is 87.2 Å². The van der Waals surface area contributed by atoms with Gasteiger partial charge in [0.2, 0.25) is 0 Å². The van der Waals surface area contributed by atoms with Crippen LogP contribution in [0.3, 0.4) is 0 Å². The van der Waals surface area contributed by atoms with E-state index in [-0.39, 0.29) is 12.4 Å². The Balaban J connectivity index is 1.32. The SMILES string of the molecule is O=C(COC(=O)c1c2c(nc3ccccc13)C(=Cc1cccs1)CCC2)c1ccc2c(c1)OCCO2. The zero-order chi connectivity index (χ0) is 24.5. The molecule has 2 aliphatic rings. The second-order valence-electron chi connectivity index (χ2n) is 8.73. The summed E-state index contributed by atoms with van der Waals surface area (Å²) in [5.74, 6) is 0.327. The number of ketones is 1. The second-order valence-corrected chi connectivity index (χ2v) is 9.71. The van der Waals surface area contributed by atoms with Gasteiger partial charge in [0.15, 0.2) is 23.9 Å². The standard InChI is InChI=1S/C29H23NO5S/c31-24(18-10-11-25-26(16-18)34-13-12-33-25)17-35-29(32)27-21-7-1-2-9-23(21)30-28-19(5-3-8-22(27)28)15-20-6-4-14-36-20/h1-2,4,6-7,9-11,14-16H,3,5,8,12-13,17H2. The van der Waals surface area contributed by atoms with Gasteiger partial charge in [0.05, 0.1) is 16.8 Å². The highest BCUT2D eigenvalue weighted by molar-refractivity contribution is 7.10. The fourth-order valence-electron chi connectivity index (χ4n) is 4.76. The Hall–Kier alpha value is -3.97. The molecule has 0 bridgehead atoms. The number of nitrogens with zero attached hydrogens (tertiary/aromatic N) is 1. The van der Waals surface area contributed by atoms with E-state index in [0.29, 0.717) is 35.8 Å². The number of allylic oxidation sites excluding steroid dienone is 1. The zero-order valence-electron chi connectivity index (χ0n) is 19.5. The number of Topliss-reactive ketones (excluding diaryl/α,β-unsaturated/α-hetero) is 1. The van der Waals surface area contributed by atoms with Crippen LogP contribution in [0.15, 0.2) is 60.0 Å². The number of rotatable bonds is 5. The van der Waals surface area contributed by atoms with Crippen molar-refractivity contribution < 1.29 is 23.8 Å². The van der Waals surface area contributed by atoms with E-state index in [1.165, 1.54) is 0 Å². The molecule has 0 atom stereocenters. The van der Waals surface area contributed by atoms with Gasteiger partial charge in [-0.15, -0.1) is 11.3 Å². The molecule has 2 aromatic carbocycles. The number of thiophene rings is 1. The van der Waals surface area contributed by atoms with Gasteiger partial charge in [-0.05, 0) is 72.2 Å². The summed E-state index contributed by atoms with van der Waals surface area (Å²) in [5.41, 5.74) is 4.50. The lowest BCUT2D eigenvalue weighted by Crippen LogP contribution is -2.19. The third-order valence-electron chi connectivity index (χ3n) is 6.43. The van der Waals surface area contributed by atoms with E-state index in [0.717, 1.165) is 51.9 Å². The Morgan fingerprint density at radius 2 is 1.86 bits per heavy atom.